The van der Waals surface area contributed by atoms with E-state index in [2.05, 4.69) is 0 Å². The van der Waals surface area contributed by atoms with Gasteiger partial charge in [0.2, 0.25) is 5.91 Å². The minimum atomic E-state index is -0.567. The van der Waals surface area contributed by atoms with Crippen LogP contribution in [0.2, 0.25) is 0 Å². The van der Waals surface area contributed by atoms with Crippen molar-refractivity contribution in [2.45, 2.75) is 44.4 Å². The third-order valence-corrected chi connectivity index (χ3v) is 5.39. The summed E-state index contributed by atoms with van der Waals surface area (Å²) in [7, 11) is 0. The minimum absolute atomic E-state index is 0.00362. The Morgan fingerprint density at radius 3 is 2.59 bits per heavy atom. The number of carbonyl (C=O) groups is 2. The van der Waals surface area contributed by atoms with Crippen molar-refractivity contribution in [1.82, 2.24) is 9.80 Å². The Hall–Kier alpha value is -2.67. The number of hydrogen-bond acceptors (Lipinski definition) is 4. The monoisotopic (exact) mass is 400 g/mol. The molecule has 1 saturated heterocycles. The number of nitrogens with zero attached hydrogens (tertiary/aromatic N) is 2. The molecule has 0 radical (unpaired) electrons. The van der Waals surface area contributed by atoms with Crippen molar-refractivity contribution in [1.29, 1.82) is 0 Å². The molecule has 2 aliphatic rings. The van der Waals surface area contributed by atoms with Gasteiger partial charge in [0, 0.05) is 19.2 Å². The molecule has 2 fully saturated rings. The number of ether oxygens (including phenoxy) is 1. The third-order valence-electron chi connectivity index (χ3n) is 5.39. The number of benzene rings is 1. The van der Waals surface area contributed by atoms with E-state index < -0.39 is 11.7 Å². The van der Waals surface area contributed by atoms with Gasteiger partial charge in [0.25, 0.3) is 5.91 Å². The molecule has 1 atom stereocenters. The first-order chi connectivity index (χ1) is 14.1. The van der Waals surface area contributed by atoms with Crippen molar-refractivity contribution in [2.75, 3.05) is 19.7 Å². The summed E-state index contributed by atoms with van der Waals surface area (Å²) in [5, 5.41) is 0. The molecular weight excluding hydrogens is 375 g/mol. The summed E-state index contributed by atoms with van der Waals surface area (Å²) in [5.41, 5.74) is 0.00362. The molecule has 7 heteroatoms. The summed E-state index contributed by atoms with van der Waals surface area (Å²) in [6.07, 6.45) is 5.11. The molecule has 1 unspecified atom stereocenters. The number of carbonyl (C=O) groups excluding carboxylic acids is 2. The van der Waals surface area contributed by atoms with Crippen LogP contribution in [0.3, 0.4) is 0 Å². The van der Waals surface area contributed by atoms with Crippen LogP contribution in [-0.2, 0) is 16.1 Å². The Bertz CT molecular complexity index is 844. The Morgan fingerprint density at radius 1 is 1.10 bits per heavy atom. The highest BCUT2D eigenvalue weighted by molar-refractivity contribution is 5.97. The van der Waals surface area contributed by atoms with E-state index >= 15 is 0 Å². The van der Waals surface area contributed by atoms with Gasteiger partial charge in [0.05, 0.1) is 24.5 Å². The highest BCUT2D eigenvalue weighted by Crippen LogP contribution is 2.29. The zero-order chi connectivity index (χ0) is 20.2. The van der Waals surface area contributed by atoms with Crippen LogP contribution in [0.1, 0.15) is 41.8 Å². The van der Waals surface area contributed by atoms with E-state index in [0.717, 1.165) is 25.7 Å². The van der Waals surface area contributed by atoms with Gasteiger partial charge in [0.15, 0.2) is 0 Å². The standard InChI is InChI=1S/C22H25FN2O4/c23-20-8-2-1-7-19(20)22(27)25(16-9-10-16)15-21(26)24(13-17-5-3-11-28-17)14-18-6-4-12-29-18/h1-3,5,7-8,11,16,18H,4,6,9-10,12-15H2. The summed E-state index contributed by atoms with van der Waals surface area (Å²) in [5.74, 6) is -0.514. The van der Waals surface area contributed by atoms with Crippen molar-refractivity contribution in [2.24, 2.45) is 0 Å². The Morgan fingerprint density at radius 2 is 1.93 bits per heavy atom. The molecule has 0 N–H and O–H groups in total. The van der Waals surface area contributed by atoms with Gasteiger partial charge in [-0.3, -0.25) is 9.59 Å². The number of amides is 2. The second-order valence-corrected chi connectivity index (χ2v) is 7.63. The number of halogens is 1. The van der Waals surface area contributed by atoms with E-state index in [0.29, 0.717) is 25.5 Å². The van der Waals surface area contributed by atoms with Crippen LogP contribution < -0.4 is 0 Å². The summed E-state index contributed by atoms with van der Waals surface area (Å²) in [4.78, 5) is 29.3. The van der Waals surface area contributed by atoms with Crippen LogP contribution in [0, 0.1) is 5.82 Å². The Balaban J connectivity index is 1.49. The highest BCUT2D eigenvalue weighted by Gasteiger charge is 2.36. The van der Waals surface area contributed by atoms with Crippen LogP contribution in [0.25, 0.3) is 0 Å². The first kappa shape index (κ1) is 19.6. The molecule has 154 valence electrons. The predicted octanol–water partition coefficient (Wildman–Crippen LogP) is 3.23. The van der Waals surface area contributed by atoms with Crippen LogP contribution in [0.15, 0.2) is 47.1 Å². The molecule has 2 aromatic rings. The molecule has 1 aliphatic heterocycles. The maximum atomic E-state index is 14.1. The SMILES string of the molecule is O=C(CN(C(=O)c1ccccc1F)C1CC1)N(Cc1ccco1)CC1CCCO1. The molecule has 2 heterocycles. The van der Waals surface area contributed by atoms with Gasteiger partial charge in [-0.2, -0.15) is 0 Å². The number of rotatable bonds is 8. The van der Waals surface area contributed by atoms with Crippen LogP contribution in [-0.4, -0.2) is 53.5 Å². The van der Waals surface area contributed by atoms with Crippen molar-refractivity contribution in [3.8, 4) is 0 Å². The first-order valence-corrected chi connectivity index (χ1v) is 10.1. The molecule has 2 amide bonds. The lowest BCUT2D eigenvalue weighted by atomic mass is 10.1. The van der Waals surface area contributed by atoms with E-state index in [4.69, 9.17) is 9.15 Å². The second kappa shape index (κ2) is 8.78. The fourth-order valence-electron chi connectivity index (χ4n) is 3.67. The Kier molecular flexibility index (Phi) is 5.94. The van der Waals surface area contributed by atoms with Crippen LogP contribution in [0.4, 0.5) is 4.39 Å². The highest BCUT2D eigenvalue weighted by atomic mass is 19.1. The lowest BCUT2D eigenvalue weighted by Gasteiger charge is -2.29. The summed E-state index contributed by atoms with van der Waals surface area (Å²) in [6, 6.07) is 9.49. The molecule has 29 heavy (non-hydrogen) atoms. The average Bonchev–Trinajstić information content (AvgIpc) is 3.18. The van der Waals surface area contributed by atoms with Crippen molar-refractivity contribution in [3.05, 3.63) is 59.8 Å². The second-order valence-electron chi connectivity index (χ2n) is 7.63. The molecule has 1 aromatic carbocycles. The largest absolute Gasteiger partial charge is 0.467 e. The van der Waals surface area contributed by atoms with Gasteiger partial charge in [-0.05, 0) is 49.9 Å². The molecule has 1 aliphatic carbocycles. The zero-order valence-corrected chi connectivity index (χ0v) is 16.3. The van der Waals surface area contributed by atoms with Crippen LogP contribution in [0.5, 0.6) is 0 Å². The molecular formula is C22H25FN2O4. The predicted molar refractivity (Wildman–Crippen MR) is 104 cm³/mol. The third kappa shape index (κ3) is 4.85. The molecule has 6 nitrogen and oxygen atoms in total. The molecule has 0 spiro atoms. The number of hydrogen-bond donors (Lipinski definition) is 0. The van der Waals surface area contributed by atoms with Gasteiger partial charge in [-0.15, -0.1) is 0 Å². The lowest BCUT2D eigenvalue weighted by molar-refractivity contribution is -0.134. The van der Waals surface area contributed by atoms with Crippen molar-refractivity contribution >= 4 is 11.8 Å². The molecule has 0 bridgehead atoms. The van der Waals surface area contributed by atoms with Crippen LogP contribution >= 0.6 is 0 Å². The smallest absolute Gasteiger partial charge is 0.257 e. The van der Waals surface area contributed by atoms with Gasteiger partial charge < -0.3 is 19.0 Å². The molecule has 1 saturated carbocycles. The fourth-order valence-corrected chi connectivity index (χ4v) is 3.67. The normalized spacial score (nSPS) is 18.6. The van der Waals surface area contributed by atoms with E-state index in [-0.39, 0.29) is 30.2 Å². The Labute approximate surface area is 169 Å². The lowest BCUT2D eigenvalue weighted by Crippen LogP contribution is -2.46. The maximum Gasteiger partial charge on any atom is 0.257 e. The van der Waals surface area contributed by atoms with E-state index in [1.54, 1.807) is 29.4 Å². The summed E-state index contributed by atoms with van der Waals surface area (Å²) < 4.78 is 25.2. The van der Waals surface area contributed by atoms with Crippen molar-refractivity contribution < 1.29 is 23.1 Å². The minimum Gasteiger partial charge on any atom is -0.467 e. The topological polar surface area (TPSA) is 63.0 Å². The van der Waals surface area contributed by atoms with Gasteiger partial charge in [0.1, 0.15) is 18.1 Å². The maximum absolute atomic E-state index is 14.1. The van der Waals surface area contributed by atoms with E-state index in [9.17, 15) is 14.0 Å². The average molecular weight is 400 g/mol. The van der Waals surface area contributed by atoms with Gasteiger partial charge in [-0.1, -0.05) is 12.1 Å². The van der Waals surface area contributed by atoms with Gasteiger partial charge in [-0.25, -0.2) is 4.39 Å². The van der Waals surface area contributed by atoms with Crippen molar-refractivity contribution in [3.63, 3.8) is 0 Å². The van der Waals surface area contributed by atoms with E-state index in [1.165, 1.54) is 17.0 Å². The van der Waals surface area contributed by atoms with E-state index in [1.807, 2.05) is 6.07 Å². The quantitative estimate of drug-likeness (QED) is 0.683. The summed E-state index contributed by atoms with van der Waals surface area (Å²) in [6.45, 7) is 1.39. The fraction of sp³-hybridized carbons (Fsp3) is 0.455. The van der Waals surface area contributed by atoms with Gasteiger partial charge >= 0.3 is 0 Å². The molecule has 1 aromatic heterocycles. The molecule has 4 rings (SSSR count). The zero-order valence-electron chi connectivity index (χ0n) is 16.3. The number of furan rings is 1. The summed E-state index contributed by atoms with van der Waals surface area (Å²) >= 11 is 0. The first-order valence-electron chi connectivity index (χ1n) is 10.1.